The first kappa shape index (κ1) is 10.8. The lowest BCUT2D eigenvalue weighted by Crippen LogP contribution is -2.35. The smallest absolute Gasteiger partial charge is 0.227 e. The molecule has 5 heteroatoms. The van der Waals surface area contributed by atoms with E-state index in [2.05, 4.69) is 19.8 Å². The predicted octanol–water partition coefficient (Wildman–Crippen LogP) is 0.733. The Balaban J connectivity index is 1.67. The summed E-state index contributed by atoms with van der Waals surface area (Å²) in [5.74, 6) is 1.34. The molecule has 0 spiro atoms. The van der Waals surface area contributed by atoms with E-state index in [0.29, 0.717) is 11.9 Å². The number of nitrogens with two attached hydrogens (primary N) is 1. The standard InChI is InChI=1S/C12H19N5/c13-11-3-5-14-12(15-11)17-8-4-10(9-17)16-6-1-2-7-16/h3,5,10H,1-2,4,6-9H2,(H2,13,14,15). The Morgan fingerprint density at radius 1 is 1.24 bits per heavy atom. The summed E-state index contributed by atoms with van der Waals surface area (Å²) in [4.78, 5) is 13.4. The van der Waals surface area contributed by atoms with Gasteiger partial charge in [-0.05, 0) is 38.4 Å². The summed E-state index contributed by atoms with van der Waals surface area (Å²) in [6, 6.07) is 2.42. The van der Waals surface area contributed by atoms with Gasteiger partial charge in [-0.15, -0.1) is 0 Å². The molecule has 0 bridgehead atoms. The van der Waals surface area contributed by atoms with Gasteiger partial charge < -0.3 is 10.6 Å². The molecule has 1 aromatic heterocycles. The van der Waals surface area contributed by atoms with Crippen molar-refractivity contribution in [2.75, 3.05) is 36.8 Å². The molecule has 2 aliphatic rings. The van der Waals surface area contributed by atoms with Crippen molar-refractivity contribution in [1.82, 2.24) is 14.9 Å². The minimum atomic E-state index is 0.555. The minimum absolute atomic E-state index is 0.555. The molecule has 5 nitrogen and oxygen atoms in total. The maximum Gasteiger partial charge on any atom is 0.227 e. The Morgan fingerprint density at radius 2 is 2.06 bits per heavy atom. The summed E-state index contributed by atoms with van der Waals surface area (Å²) in [6.45, 7) is 4.61. The van der Waals surface area contributed by atoms with Gasteiger partial charge in [0.05, 0.1) is 0 Å². The fraction of sp³-hybridized carbons (Fsp3) is 0.667. The van der Waals surface area contributed by atoms with E-state index >= 15 is 0 Å². The monoisotopic (exact) mass is 233 g/mol. The lowest BCUT2D eigenvalue weighted by atomic mass is 10.2. The largest absolute Gasteiger partial charge is 0.384 e. The van der Waals surface area contributed by atoms with Crippen LogP contribution in [-0.2, 0) is 0 Å². The van der Waals surface area contributed by atoms with Crippen LogP contribution in [0.4, 0.5) is 11.8 Å². The Hall–Kier alpha value is -1.36. The molecule has 1 atom stereocenters. The van der Waals surface area contributed by atoms with Crippen LogP contribution in [0.2, 0.25) is 0 Å². The molecule has 3 rings (SSSR count). The molecular weight excluding hydrogens is 214 g/mol. The number of hydrogen-bond donors (Lipinski definition) is 1. The molecule has 2 fully saturated rings. The van der Waals surface area contributed by atoms with E-state index in [1.807, 2.05) is 0 Å². The molecule has 2 aliphatic heterocycles. The molecular formula is C12H19N5. The zero-order chi connectivity index (χ0) is 11.7. The van der Waals surface area contributed by atoms with Gasteiger partial charge in [0.1, 0.15) is 5.82 Å². The molecule has 1 unspecified atom stereocenters. The summed E-state index contributed by atoms with van der Waals surface area (Å²) in [5, 5.41) is 0. The minimum Gasteiger partial charge on any atom is -0.384 e. The summed E-state index contributed by atoms with van der Waals surface area (Å²) in [7, 11) is 0. The Kier molecular flexibility index (Phi) is 2.84. The zero-order valence-electron chi connectivity index (χ0n) is 10.0. The van der Waals surface area contributed by atoms with Crippen molar-refractivity contribution >= 4 is 11.8 Å². The number of nitrogens with zero attached hydrogens (tertiary/aromatic N) is 4. The number of hydrogen-bond acceptors (Lipinski definition) is 5. The highest BCUT2D eigenvalue weighted by atomic mass is 15.3. The van der Waals surface area contributed by atoms with Crippen LogP contribution in [0.1, 0.15) is 19.3 Å². The molecule has 0 aliphatic carbocycles. The normalized spacial score (nSPS) is 25.6. The molecule has 92 valence electrons. The van der Waals surface area contributed by atoms with Crippen LogP contribution in [0, 0.1) is 0 Å². The van der Waals surface area contributed by atoms with E-state index in [1.54, 1.807) is 12.3 Å². The lowest BCUT2D eigenvalue weighted by Gasteiger charge is -2.23. The van der Waals surface area contributed by atoms with Crippen molar-refractivity contribution in [2.24, 2.45) is 0 Å². The van der Waals surface area contributed by atoms with E-state index in [9.17, 15) is 0 Å². The maximum absolute atomic E-state index is 5.69. The quantitative estimate of drug-likeness (QED) is 0.816. The van der Waals surface area contributed by atoms with Crippen LogP contribution in [0.15, 0.2) is 12.3 Å². The van der Waals surface area contributed by atoms with E-state index < -0.39 is 0 Å². The number of anilines is 2. The second kappa shape index (κ2) is 4.49. The van der Waals surface area contributed by atoms with Crippen LogP contribution < -0.4 is 10.6 Å². The highest BCUT2D eigenvalue weighted by Crippen LogP contribution is 2.23. The topological polar surface area (TPSA) is 58.3 Å². The Morgan fingerprint density at radius 3 is 2.82 bits per heavy atom. The molecule has 0 saturated carbocycles. The molecule has 2 N–H and O–H groups in total. The number of aromatic nitrogens is 2. The van der Waals surface area contributed by atoms with Crippen molar-refractivity contribution < 1.29 is 0 Å². The second-order valence-corrected chi connectivity index (χ2v) is 4.91. The fourth-order valence-corrected chi connectivity index (χ4v) is 2.84. The SMILES string of the molecule is Nc1ccnc(N2CCC(N3CCCC3)C2)n1. The van der Waals surface area contributed by atoms with Gasteiger partial charge in [0.15, 0.2) is 0 Å². The van der Waals surface area contributed by atoms with Gasteiger partial charge in [-0.25, -0.2) is 4.98 Å². The van der Waals surface area contributed by atoms with Crippen molar-refractivity contribution in [3.8, 4) is 0 Å². The third-order valence-electron chi connectivity index (χ3n) is 3.77. The van der Waals surface area contributed by atoms with Gasteiger partial charge in [0.2, 0.25) is 5.95 Å². The third-order valence-corrected chi connectivity index (χ3v) is 3.77. The average molecular weight is 233 g/mol. The first-order chi connectivity index (χ1) is 8.33. The molecule has 0 aromatic carbocycles. The molecule has 1 aromatic rings. The third kappa shape index (κ3) is 2.20. The Labute approximate surface area is 102 Å². The van der Waals surface area contributed by atoms with Gasteiger partial charge in [-0.3, -0.25) is 4.90 Å². The highest BCUT2D eigenvalue weighted by Gasteiger charge is 2.30. The van der Waals surface area contributed by atoms with Crippen LogP contribution in [-0.4, -0.2) is 47.1 Å². The van der Waals surface area contributed by atoms with Crippen LogP contribution in [0.5, 0.6) is 0 Å². The molecule has 3 heterocycles. The van der Waals surface area contributed by atoms with Crippen molar-refractivity contribution in [2.45, 2.75) is 25.3 Å². The second-order valence-electron chi connectivity index (χ2n) is 4.91. The van der Waals surface area contributed by atoms with Crippen LogP contribution >= 0.6 is 0 Å². The van der Waals surface area contributed by atoms with Gasteiger partial charge in [0, 0.05) is 25.3 Å². The number of rotatable bonds is 2. The van der Waals surface area contributed by atoms with Crippen molar-refractivity contribution in [3.63, 3.8) is 0 Å². The first-order valence-corrected chi connectivity index (χ1v) is 6.40. The Bertz CT molecular complexity index is 388. The highest BCUT2D eigenvalue weighted by molar-refractivity contribution is 5.38. The van der Waals surface area contributed by atoms with E-state index in [1.165, 1.54) is 32.4 Å². The zero-order valence-corrected chi connectivity index (χ0v) is 10.0. The number of nitrogen functional groups attached to an aromatic ring is 1. The van der Waals surface area contributed by atoms with E-state index in [4.69, 9.17) is 5.73 Å². The predicted molar refractivity (Wildman–Crippen MR) is 67.9 cm³/mol. The summed E-state index contributed by atoms with van der Waals surface area (Å²) in [6.07, 6.45) is 5.66. The molecule has 0 amide bonds. The first-order valence-electron chi connectivity index (χ1n) is 6.40. The summed E-state index contributed by atoms with van der Waals surface area (Å²) >= 11 is 0. The van der Waals surface area contributed by atoms with Gasteiger partial charge >= 0.3 is 0 Å². The number of likely N-dealkylation sites (tertiary alicyclic amines) is 1. The van der Waals surface area contributed by atoms with Gasteiger partial charge in [0.25, 0.3) is 0 Å². The van der Waals surface area contributed by atoms with Crippen molar-refractivity contribution in [3.05, 3.63) is 12.3 Å². The molecule has 2 saturated heterocycles. The molecule has 0 radical (unpaired) electrons. The van der Waals surface area contributed by atoms with E-state index in [-0.39, 0.29) is 0 Å². The maximum atomic E-state index is 5.69. The lowest BCUT2D eigenvalue weighted by molar-refractivity contribution is 0.260. The summed E-state index contributed by atoms with van der Waals surface area (Å²) < 4.78 is 0. The van der Waals surface area contributed by atoms with Gasteiger partial charge in [-0.1, -0.05) is 0 Å². The van der Waals surface area contributed by atoms with Crippen molar-refractivity contribution in [1.29, 1.82) is 0 Å². The van der Waals surface area contributed by atoms with Crippen LogP contribution in [0.3, 0.4) is 0 Å². The average Bonchev–Trinajstić information content (AvgIpc) is 3.00. The van der Waals surface area contributed by atoms with Gasteiger partial charge in [-0.2, -0.15) is 4.98 Å². The van der Waals surface area contributed by atoms with Crippen LogP contribution in [0.25, 0.3) is 0 Å². The van der Waals surface area contributed by atoms with E-state index in [0.717, 1.165) is 19.0 Å². The summed E-state index contributed by atoms with van der Waals surface area (Å²) in [5.41, 5.74) is 5.69. The fourth-order valence-electron chi connectivity index (χ4n) is 2.84. The molecule has 17 heavy (non-hydrogen) atoms.